The highest BCUT2D eigenvalue weighted by atomic mass is 35.5. The highest BCUT2D eigenvalue weighted by Crippen LogP contribution is 2.44. The fourth-order valence-electron chi connectivity index (χ4n) is 4.53. The molecular formula is C20H24ClNO2. The number of ether oxygens (including phenoxy) is 1. The summed E-state index contributed by atoms with van der Waals surface area (Å²) in [6, 6.07) is 4.27. The molecule has 0 aromatic heterocycles. The van der Waals surface area contributed by atoms with E-state index in [1.165, 1.54) is 16.7 Å². The Hall–Kier alpha value is -1.45. The number of hydrogen-bond acceptors (Lipinski definition) is 3. The van der Waals surface area contributed by atoms with E-state index in [9.17, 15) is 5.11 Å². The third kappa shape index (κ3) is 2.64. The summed E-state index contributed by atoms with van der Waals surface area (Å²) >= 11 is 6.20. The van der Waals surface area contributed by atoms with Crippen molar-refractivity contribution in [3.05, 3.63) is 46.1 Å². The third-order valence-electron chi connectivity index (χ3n) is 5.57. The number of methoxy groups -OCH3 is 1. The lowest BCUT2D eigenvalue weighted by molar-refractivity contribution is 0.184. The van der Waals surface area contributed by atoms with E-state index >= 15 is 0 Å². The van der Waals surface area contributed by atoms with E-state index in [1.54, 1.807) is 18.7 Å². The first-order valence-electron chi connectivity index (χ1n) is 8.74. The molecule has 1 aromatic carbocycles. The Bertz CT molecular complexity index is 735. The minimum atomic E-state index is 0.202. The van der Waals surface area contributed by atoms with Gasteiger partial charge < -0.3 is 9.84 Å². The Balaban J connectivity index is 1.65. The largest absolute Gasteiger partial charge is 0.504 e. The summed E-state index contributed by atoms with van der Waals surface area (Å²) in [7, 11) is 1.64. The number of benzene rings is 1. The Morgan fingerprint density at radius 1 is 1.42 bits per heavy atom. The topological polar surface area (TPSA) is 32.7 Å². The van der Waals surface area contributed by atoms with Gasteiger partial charge in [0.1, 0.15) is 0 Å². The van der Waals surface area contributed by atoms with Crippen LogP contribution in [-0.4, -0.2) is 35.1 Å². The summed E-state index contributed by atoms with van der Waals surface area (Å²) in [4.78, 5) is 2.53. The van der Waals surface area contributed by atoms with Crippen LogP contribution >= 0.6 is 11.6 Å². The van der Waals surface area contributed by atoms with Crippen LogP contribution in [0.4, 0.5) is 0 Å². The number of rotatable bonds is 3. The van der Waals surface area contributed by atoms with Crippen molar-refractivity contribution in [3.63, 3.8) is 0 Å². The van der Waals surface area contributed by atoms with Gasteiger partial charge in [0.05, 0.1) is 7.11 Å². The van der Waals surface area contributed by atoms with Gasteiger partial charge in [0.2, 0.25) is 0 Å². The van der Waals surface area contributed by atoms with Crippen molar-refractivity contribution in [2.45, 2.75) is 50.6 Å². The second-order valence-electron chi connectivity index (χ2n) is 7.22. The molecule has 2 aliphatic heterocycles. The maximum atomic E-state index is 10.1. The second-order valence-corrected chi connectivity index (χ2v) is 7.96. The van der Waals surface area contributed by atoms with Gasteiger partial charge in [-0.1, -0.05) is 23.3 Å². The lowest BCUT2D eigenvalue weighted by Crippen LogP contribution is -2.44. The van der Waals surface area contributed by atoms with E-state index < -0.39 is 0 Å². The monoisotopic (exact) mass is 345 g/mol. The molecule has 3 aliphatic rings. The van der Waals surface area contributed by atoms with Gasteiger partial charge in [0.25, 0.3) is 0 Å². The number of nitrogens with zero attached hydrogens (tertiary/aromatic N) is 1. The lowest BCUT2D eigenvalue weighted by atomic mass is 9.85. The predicted molar refractivity (Wildman–Crippen MR) is 96.8 cm³/mol. The normalized spacial score (nSPS) is 24.1. The molecule has 0 saturated carbocycles. The number of alkyl halides is 1. The Labute approximate surface area is 148 Å². The Kier molecular flexibility index (Phi) is 4.09. The van der Waals surface area contributed by atoms with Crippen molar-refractivity contribution < 1.29 is 9.84 Å². The molecule has 4 heteroatoms. The second kappa shape index (κ2) is 6.12. The first kappa shape index (κ1) is 16.0. The van der Waals surface area contributed by atoms with Crippen LogP contribution in [0.5, 0.6) is 11.5 Å². The molecule has 1 unspecified atom stereocenters. The fraction of sp³-hybridized carbons (Fsp3) is 0.500. The zero-order valence-electron chi connectivity index (χ0n) is 14.3. The van der Waals surface area contributed by atoms with E-state index in [1.807, 2.05) is 0 Å². The molecule has 0 saturated heterocycles. The van der Waals surface area contributed by atoms with Gasteiger partial charge in [-0.05, 0) is 49.8 Å². The SMILES string of the molecule is COc1c(O)ccc2c1CN1CCC3=C(C=C(CC(C)Cl)C3)[C@@H]1C2. The summed E-state index contributed by atoms with van der Waals surface area (Å²) in [5, 5.41) is 10.3. The van der Waals surface area contributed by atoms with Crippen LogP contribution < -0.4 is 4.74 Å². The van der Waals surface area contributed by atoms with Crippen LogP contribution in [0.3, 0.4) is 0 Å². The van der Waals surface area contributed by atoms with E-state index in [4.69, 9.17) is 16.3 Å². The summed E-state index contributed by atoms with van der Waals surface area (Å²) in [6.45, 7) is 4.00. The minimum absolute atomic E-state index is 0.202. The van der Waals surface area contributed by atoms with Crippen LogP contribution in [0, 0.1) is 0 Å². The average molecular weight is 346 g/mol. The molecule has 0 amide bonds. The van der Waals surface area contributed by atoms with E-state index in [2.05, 4.69) is 24.0 Å². The standard InChI is InChI=1S/C20H24ClNO2/c1-12(21)7-13-8-15-5-6-22-11-17-14(10-18(22)16(15)9-13)3-4-19(23)20(17)24-2/h3-4,9,12,18,23H,5-8,10-11H2,1-2H3/t12?,18-/m0/s1. The smallest absolute Gasteiger partial charge is 0.165 e. The van der Waals surface area contributed by atoms with Gasteiger partial charge in [-0.3, -0.25) is 4.90 Å². The predicted octanol–water partition coefficient (Wildman–Crippen LogP) is 4.18. The summed E-state index contributed by atoms with van der Waals surface area (Å²) < 4.78 is 5.46. The van der Waals surface area contributed by atoms with Gasteiger partial charge in [-0.15, -0.1) is 11.6 Å². The zero-order chi connectivity index (χ0) is 16.8. The molecule has 1 N–H and O–H groups in total. The van der Waals surface area contributed by atoms with E-state index in [-0.39, 0.29) is 11.1 Å². The molecule has 2 atom stereocenters. The fourth-order valence-corrected chi connectivity index (χ4v) is 4.72. The van der Waals surface area contributed by atoms with E-state index in [0.29, 0.717) is 11.8 Å². The lowest BCUT2D eigenvalue weighted by Gasteiger charge is -2.41. The minimum Gasteiger partial charge on any atom is -0.504 e. The van der Waals surface area contributed by atoms with Crippen molar-refractivity contribution in [2.24, 2.45) is 0 Å². The van der Waals surface area contributed by atoms with Gasteiger partial charge in [0, 0.05) is 30.1 Å². The molecule has 0 radical (unpaired) electrons. The third-order valence-corrected chi connectivity index (χ3v) is 5.72. The van der Waals surface area contributed by atoms with Crippen LogP contribution in [0.25, 0.3) is 0 Å². The van der Waals surface area contributed by atoms with Crippen molar-refractivity contribution in [1.82, 2.24) is 4.90 Å². The van der Waals surface area contributed by atoms with Crippen molar-refractivity contribution in [2.75, 3.05) is 13.7 Å². The van der Waals surface area contributed by atoms with Crippen molar-refractivity contribution in [1.29, 1.82) is 0 Å². The number of aromatic hydroxyl groups is 1. The van der Waals surface area contributed by atoms with Crippen molar-refractivity contribution in [3.8, 4) is 11.5 Å². The first-order valence-corrected chi connectivity index (χ1v) is 9.17. The molecule has 0 bridgehead atoms. The number of phenols is 1. The van der Waals surface area contributed by atoms with Gasteiger partial charge >= 0.3 is 0 Å². The average Bonchev–Trinajstić information content (AvgIpc) is 2.95. The van der Waals surface area contributed by atoms with E-state index in [0.717, 1.165) is 44.3 Å². The van der Waals surface area contributed by atoms with Gasteiger partial charge in [-0.2, -0.15) is 0 Å². The number of halogens is 1. The Morgan fingerprint density at radius 2 is 2.25 bits per heavy atom. The molecule has 24 heavy (non-hydrogen) atoms. The van der Waals surface area contributed by atoms with Gasteiger partial charge in [-0.25, -0.2) is 0 Å². The molecule has 1 aliphatic carbocycles. The summed E-state index contributed by atoms with van der Waals surface area (Å²) in [6.07, 6.45) is 6.64. The Morgan fingerprint density at radius 3 is 3.00 bits per heavy atom. The summed E-state index contributed by atoms with van der Waals surface area (Å²) in [5.41, 5.74) is 7.06. The number of fused-ring (bicyclic) bond motifs is 3. The van der Waals surface area contributed by atoms with Crippen LogP contribution in [0.15, 0.2) is 34.9 Å². The van der Waals surface area contributed by atoms with Crippen LogP contribution in [-0.2, 0) is 13.0 Å². The summed E-state index contributed by atoms with van der Waals surface area (Å²) in [5.74, 6) is 0.884. The molecule has 3 nitrogen and oxygen atoms in total. The molecular weight excluding hydrogens is 322 g/mol. The molecule has 0 fully saturated rings. The molecule has 0 spiro atoms. The van der Waals surface area contributed by atoms with Crippen LogP contribution in [0.1, 0.15) is 37.3 Å². The molecule has 4 rings (SSSR count). The zero-order valence-corrected chi connectivity index (χ0v) is 15.1. The van der Waals surface area contributed by atoms with Crippen LogP contribution in [0.2, 0.25) is 0 Å². The van der Waals surface area contributed by atoms with Gasteiger partial charge in [0.15, 0.2) is 11.5 Å². The molecule has 2 heterocycles. The highest BCUT2D eigenvalue weighted by molar-refractivity contribution is 6.20. The quantitative estimate of drug-likeness (QED) is 0.834. The molecule has 1 aromatic rings. The number of allylic oxidation sites excluding steroid dienone is 1. The number of phenolic OH excluding ortho intramolecular Hbond substituents is 1. The number of hydrogen-bond donors (Lipinski definition) is 1. The highest BCUT2D eigenvalue weighted by Gasteiger charge is 2.36. The maximum Gasteiger partial charge on any atom is 0.165 e. The maximum absolute atomic E-state index is 10.1. The molecule has 128 valence electrons. The van der Waals surface area contributed by atoms with Crippen molar-refractivity contribution >= 4 is 11.6 Å². The first-order chi connectivity index (χ1) is 11.6.